The second kappa shape index (κ2) is 15.4. The second-order valence-corrected chi connectivity index (χ2v) is 18.9. The van der Waals surface area contributed by atoms with Crippen LogP contribution < -0.4 is 24.8 Å². The minimum atomic E-state index is -3.89. The maximum Gasteiger partial charge on any atom is 0.328 e. The molecule has 2 heterocycles. The van der Waals surface area contributed by atoms with Gasteiger partial charge in [0.1, 0.15) is 23.9 Å². The fraction of sp³-hybridized carbons (Fsp3) is 0.590. The Bertz CT molecular complexity index is 1970. The molecule has 3 aliphatic rings. The zero-order valence-corrected chi connectivity index (χ0v) is 33.6. The summed E-state index contributed by atoms with van der Waals surface area (Å²) in [4.78, 5) is 74.6. The molecule has 2 aliphatic carbocycles. The van der Waals surface area contributed by atoms with Crippen LogP contribution in [0.25, 0.3) is 10.8 Å². The van der Waals surface area contributed by atoms with E-state index in [9.17, 15) is 32.4 Å². The Morgan fingerprint density at radius 2 is 1.67 bits per heavy atom. The molecule has 5 rings (SSSR count). The number of fused-ring (bicyclic) bond motifs is 1. The molecule has 1 aromatic heterocycles. The van der Waals surface area contributed by atoms with E-state index in [1.165, 1.54) is 12.0 Å². The first kappa shape index (κ1) is 41.4. The van der Waals surface area contributed by atoms with Crippen LogP contribution in [0.2, 0.25) is 0 Å². The number of ketones is 1. The van der Waals surface area contributed by atoms with Gasteiger partial charge in [-0.05, 0) is 65.7 Å². The van der Waals surface area contributed by atoms with E-state index in [2.05, 4.69) is 26.9 Å². The fourth-order valence-corrected chi connectivity index (χ4v) is 8.50. The summed E-state index contributed by atoms with van der Waals surface area (Å²) in [5.41, 5.74) is -2.96. The maximum atomic E-state index is 14.7. The molecule has 3 fully saturated rings. The summed E-state index contributed by atoms with van der Waals surface area (Å²) < 4.78 is 44.4. The van der Waals surface area contributed by atoms with Gasteiger partial charge >= 0.3 is 12.0 Å². The molecule has 1 aromatic carbocycles. The number of nitrogens with zero attached hydrogens (tertiary/aromatic N) is 2. The molecule has 2 aromatic rings. The molecule has 2 saturated carbocycles. The Morgan fingerprint density at radius 1 is 1.02 bits per heavy atom. The number of nitrogens with one attached hydrogen (secondary N) is 3. The Kier molecular flexibility index (Phi) is 11.6. The van der Waals surface area contributed by atoms with Gasteiger partial charge in [-0.3, -0.25) is 19.1 Å². The van der Waals surface area contributed by atoms with E-state index in [1.807, 2.05) is 6.07 Å². The minimum Gasteiger partial charge on any atom is -0.497 e. The highest BCUT2D eigenvalue weighted by Gasteiger charge is 2.61. The highest BCUT2D eigenvalue weighted by atomic mass is 32.2. The number of ether oxygens (including phenoxy) is 3. The number of esters is 1. The van der Waals surface area contributed by atoms with Crippen molar-refractivity contribution in [3.8, 4) is 11.6 Å². The fourth-order valence-electron chi connectivity index (χ4n) is 7.11. The van der Waals surface area contributed by atoms with Crippen LogP contribution in [0.5, 0.6) is 11.6 Å². The third-order valence-electron chi connectivity index (χ3n) is 10.7. The Labute approximate surface area is 322 Å². The molecule has 0 unspecified atom stereocenters. The number of carbonyl (C=O) groups is 5. The monoisotopic (exact) mass is 783 g/mol. The van der Waals surface area contributed by atoms with Gasteiger partial charge in [-0.2, -0.15) is 0 Å². The van der Waals surface area contributed by atoms with Crippen LogP contribution in [0.4, 0.5) is 4.79 Å². The number of urea groups is 1. The van der Waals surface area contributed by atoms with Crippen molar-refractivity contribution in [2.24, 2.45) is 22.2 Å². The number of methoxy groups -OCH3 is 2. The predicted molar refractivity (Wildman–Crippen MR) is 203 cm³/mol. The highest BCUT2D eigenvalue weighted by Crippen LogP contribution is 2.57. The van der Waals surface area contributed by atoms with Crippen molar-refractivity contribution in [3.05, 3.63) is 43.1 Å². The molecule has 300 valence electrons. The first-order valence-electron chi connectivity index (χ1n) is 18.4. The van der Waals surface area contributed by atoms with E-state index in [-0.39, 0.29) is 31.7 Å². The van der Waals surface area contributed by atoms with Crippen LogP contribution in [0.3, 0.4) is 0 Å². The van der Waals surface area contributed by atoms with Crippen molar-refractivity contribution in [2.75, 3.05) is 20.8 Å². The first-order chi connectivity index (χ1) is 25.6. The van der Waals surface area contributed by atoms with Gasteiger partial charge in [0.25, 0.3) is 0 Å². The lowest BCUT2D eigenvalue weighted by atomic mass is 9.85. The van der Waals surface area contributed by atoms with Crippen LogP contribution in [0, 0.1) is 22.2 Å². The van der Waals surface area contributed by atoms with Crippen molar-refractivity contribution in [2.45, 2.75) is 103 Å². The zero-order chi connectivity index (χ0) is 40.7. The van der Waals surface area contributed by atoms with E-state index in [0.717, 1.165) is 5.39 Å². The Balaban J connectivity index is 1.45. The number of amides is 4. The Hall–Kier alpha value is -4.73. The predicted octanol–water partition coefficient (Wildman–Crippen LogP) is 3.65. The highest BCUT2D eigenvalue weighted by molar-refractivity contribution is 7.90. The van der Waals surface area contributed by atoms with Gasteiger partial charge in [0, 0.05) is 24.4 Å². The van der Waals surface area contributed by atoms with Crippen molar-refractivity contribution in [3.63, 3.8) is 0 Å². The molecular weight excluding hydrogens is 731 g/mol. The quantitative estimate of drug-likeness (QED) is 0.187. The van der Waals surface area contributed by atoms with Crippen LogP contribution in [-0.4, -0.2) is 98.1 Å². The van der Waals surface area contributed by atoms with E-state index >= 15 is 0 Å². The molecule has 0 radical (unpaired) electrons. The largest absolute Gasteiger partial charge is 0.497 e. The van der Waals surface area contributed by atoms with Crippen LogP contribution in [0.1, 0.15) is 73.6 Å². The van der Waals surface area contributed by atoms with Gasteiger partial charge in [-0.15, -0.1) is 6.58 Å². The number of sulfonamides is 1. The third kappa shape index (κ3) is 9.05. The second-order valence-electron chi connectivity index (χ2n) is 16.9. The summed E-state index contributed by atoms with van der Waals surface area (Å²) in [6.07, 6.45) is 3.22. The SMILES string of the molecule is C=C[C@@H]1C[C@]1(CC(=O)[C@@H]1C[C@@H](Oc2nccc3cc(OC)ccc23)CN1C(=O)[C@@H](NC(=O)N[C@H](C(=O)OC)C(C)(C)C)C(C)(C)C)C(=O)NS(=O)(=O)C1CC1. The lowest BCUT2D eigenvalue weighted by Gasteiger charge is -2.36. The van der Waals surface area contributed by atoms with E-state index in [1.54, 1.807) is 79.1 Å². The summed E-state index contributed by atoms with van der Waals surface area (Å²) in [6, 6.07) is 3.08. The molecule has 4 amide bonds. The van der Waals surface area contributed by atoms with Gasteiger partial charge in [0.15, 0.2) is 5.78 Å². The van der Waals surface area contributed by atoms with Crippen molar-refractivity contribution in [1.29, 1.82) is 0 Å². The van der Waals surface area contributed by atoms with Gasteiger partial charge in [-0.1, -0.05) is 47.6 Å². The summed E-state index contributed by atoms with van der Waals surface area (Å²) in [5, 5.41) is 6.22. The molecule has 6 atom stereocenters. The van der Waals surface area contributed by atoms with E-state index < -0.39 is 91.3 Å². The normalized spacial score (nSPS) is 23.6. The molecule has 0 spiro atoms. The number of Topliss-reactive ketones (excluding diaryl/α,β-unsaturated/α-hetero) is 1. The van der Waals surface area contributed by atoms with Gasteiger partial charge in [0.05, 0.1) is 37.5 Å². The van der Waals surface area contributed by atoms with Crippen molar-refractivity contribution >= 4 is 50.4 Å². The minimum absolute atomic E-state index is 0.0348. The number of benzene rings is 1. The molecule has 0 bridgehead atoms. The zero-order valence-electron chi connectivity index (χ0n) is 32.8. The lowest BCUT2D eigenvalue weighted by molar-refractivity contribution is -0.145. The van der Waals surface area contributed by atoms with E-state index in [0.29, 0.717) is 24.0 Å². The van der Waals surface area contributed by atoms with Gasteiger partial charge in [0.2, 0.25) is 27.7 Å². The number of allylic oxidation sites excluding steroid dienone is 1. The summed E-state index contributed by atoms with van der Waals surface area (Å²) >= 11 is 0. The molecular formula is C39H53N5O10S. The summed E-state index contributed by atoms with van der Waals surface area (Å²) in [5.74, 6) is -2.00. The number of aromatic nitrogens is 1. The van der Waals surface area contributed by atoms with Gasteiger partial charge in [-0.25, -0.2) is 23.0 Å². The number of carbonyl (C=O) groups excluding carboxylic acids is 5. The van der Waals surface area contributed by atoms with Crippen LogP contribution in [-0.2, 0) is 33.9 Å². The number of pyridine rings is 1. The topological polar surface area (TPSA) is 199 Å². The molecule has 15 nitrogen and oxygen atoms in total. The van der Waals surface area contributed by atoms with Crippen LogP contribution >= 0.6 is 0 Å². The molecule has 16 heteroatoms. The van der Waals surface area contributed by atoms with Crippen LogP contribution in [0.15, 0.2) is 43.1 Å². The summed E-state index contributed by atoms with van der Waals surface area (Å²) in [6.45, 7) is 14.3. The Morgan fingerprint density at radius 3 is 2.24 bits per heavy atom. The number of likely N-dealkylation sites (tertiary alicyclic amines) is 1. The molecule has 1 saturated heterocycles. The van der Waals surface area contributed by atoms with Crippen molar-refractivity contribution < 1.29 is 46.6 Å². The molecule has 3 N–H and O–H groups in total. The third-order valence-corrected chi connectivity index (χ3v) is 12.5. The number of rotatable bonds is 14. The maximum absolute atomic E-state index is 14.7. The van der Waals surface area contributed by atoms with Gasteiger partial charge < -0.3 is 29.7 Å². The average molecular weight is 784 g/mol. The summed E-state index contributed by atoms with van der Waals surface area (Å²) in [7, 11) is -1.11. The molecule has 55 heavy (non-hydrogen) atoms. The van der Waals surface area contributed by atoms with Crippen molar-refractivity contribution in [1.82, 2.24) is 25.2 Å². The number of hydrogen-bond donors (Lipinski definition) is 3. The first-order valence-corrected chi connectivity index (χ1v) is 20.0. The average Bonchev–Trinajstić information content (AvgIpc) is 4.04. The smallest absolute Gasteiger partial charge is 0.328 e. The van der Waals surface area contributed by atoms with E-state index in [4.69, 9.17) is 14.2 Å². The standard InChI is InChI=1S/C39H53N5O10S/c1-10-23-19-39(23,35(48)43-55(50,51)26-12-13-26)20-29(45)28-18-25(54-32-27-14-11-24(52-8)17-22(27)15-16-40-32)21-44(28)33(46)30(37(2,3)4)41-36(49)42-31(34(47)53-9)38(5,6)7/h10-11,14-17,23,25-26,28,30-31H,1,12-13,18-21H2,2-9H3,(H,43,48)(H2,41,42,49)/t23-,25-,28+,30-,31-,39-/m1/s1. The number of hydrogen-bond acceptors (Lipinski definition) is 11. The molecule has 1 aliphatic heterocycles. The lowest BCUT2D eigenvalue weighted by Crippen LogP contribution is -2.61.